The molecule has 0 aliphatic heterocycles. The molecule has 2 nitrogen and oxygen atoms in total. The predicted molar refractivity (Wildman–Crippen MR) is 97.3 cm³/mol. The highest BCUT2D eigenvalue weighted by Crippen LogP contribution is 2.29. The van der Waals surface area contributed by atoms with Crippen molar-refractivity contribution < 1.29 is 8.81 Å². The highest BCUT2D eigenvalue weighted by molar-refractivity contribution is 5.79. The van der Waals surface area contributed by atoms with Crippen molar-refractivity contribution in [2.45, 2.75) is 6.17 Å². The van der Waals surface area contributed by atoms with E-state index in [-0.39, 0.29) is 5.43 Å². The van der Waals surface area contributed by atoms with Crippen molar-refractivity contribution in [1.82, 2.24) is 0 Å². The van der Waals surface area contributed by atoms with Gasteiger partial charge in [0.25, 0.3) is 0 Å². The summed E-state index contributed by atoms with van der Waals surface area (Å²) in [7, 11) is 0. The van der Waals surface area contributed by atoms with Crippen LogP contribution in [0.2, 0.25) is 0 Å². The fourth-order valence-corrected chi connectivity index (χ4v) is 2.89. The Labute approximate surface area is 144 Å². The quantitative estimate of drug-likeness (QED) is 0.495. The first-order valence-corrected chi connectivity index (χ1v) is 8.04. The molecule has 0 aliphatic carbocycles. The molecule has 0 aliphatic rings. The van der Waals surface area contributed by atoms with E-state index in [2.05, 4.69) is 0 Å². The molecule has 1 heterocycles. The van der Waals surface area contributed by atoms with Crippen molar-refractivity contribution in [1.29, 1.82) is 0 Å². The van der Waals surface area contributed by atoms with Crippen molar-refractivity contribution in [3.63, 3.8) is 0 Å². The minimum atomic E-state index is -1.28. The number of hydrogen-bond acceptors (Lipinski definition) is 2. The molecule has 0 saturated heterocycles. The van der Waals surface area contributed by atoms with Gasteiger partial charge in [-0.25, -0.2) is 4.39 Å². The molecule has 1 aromatic heterocycles. The lowest BCUT2D eigenvalue weighted by Gasteiger charge is -2.10. The summed E-state index contributed by atoms with van der Waals surface area (Å²) in [5, 5.41) is 0.385. The number of fused-ring (bicyclic) bond motifs is 1. The van der Waals surface area contributed by atoms with E-state index in [4.69, 9.17) is 4.42 Å². The van der Waals surface area contributed by atoms with Gasteiger partial charge in [-0.1, -0.05) is 66.7 Å². The van der Waals surface area contributed by atoms with Gasteiger partial charge in [0.05, 0.1) is 5.39 Å². The van der Waals surface area contributed by atoms with Crippen LogP contribution < -0.4 is 5.43 Å². The SMILES string of the molecule is O=c1cc(-c2ccccc2)oc2ccc(C(F)c3ccccc3)cc12. The fraction of sp³-hybridized carbons (Fsp3) is 0.0455. The van der Waals surface area contributed by atoms with Crippen LogP contribution >= 0.6 is 0 Å². The smallest absolute Gasteiger partial charge is 0.193 e. The van der Waals surface area contributed by atoms with Gasteiger partial charge in [-0.3, -0.25) is 4.79 Å². The number of hydrogen-bond donors (Lipinski definition) is 0. The van der Waals surface area contributed by atoms with Gasteiger partial charge < -0.3 is 4.42 Å². The minimum Gasteiger partial charge on any atom is -0.456 e. The number of benzene rings is 3. The lowest BCUT2D eigenvalue weighted by Crippen LogP contribution is -2.02. The maximum atomic E-state index is 14.7. The Bertz CT molecular complexity index is 1070. The lowest BCUT2D eigenvalue weighted by atomic mass is 10.0. The Morgan fingerprint density at radius 3 is 2.16 bits per heavy atom. The molecule has 3 heteroatoms. The van der Waals surface area contributed by atoms with E-state index in [1.54, 1.807) is 42.5 Å². The normalized spacial score (nSPS) is 12.2. The molecule has 4 rings (SSSR count). The third-order valence-electron chi connectivity index (χ3n) is 4.19. The number of halogens is 1. The highest BCUT2D eigenvalue weighted by atomic mass is 19.1. The largest absolute Gasteiger partial charge is 0.456 e. The van der Waals surface area contributed by atoms with Crippen molar-refractivity contribution in [2.24, 2.45) is 0 Å². The number of alkyl halides is 1. The molecule has 0 saturated carbocycles. The van der Waals surface area contributed by atoms with Gasteiger partial charge in [0, 0.05) is 11.6 Å². The Kier molecular flexibility index (Phi) is 3.90. The van der Waals surface area contributed by atoms with Gasteiger partial charge >= 0.3 is 0 Å². The van der Waals surface area contributed by atoms with Crippen LogP contribution in [0.1, 0.15) is 17.3 Å². The zero-order valence-corrected chi connectivity index (χ0v) is 13.4. The van der Waals surface area contributed by atoms with Crippen molar-refractivity contribution in [3.8, 4) is 11.3 Å². The van der Waals surface area contributed by atoms with Crippen LogP contribution in [0.3, 0.4) is 0 Å². The van der Waals surface area contributed by atoms with Crippen LogP contribution in [0.4, 0.5) is 4.39 Å². The second kappa shape index (κ2) is 6.36. The Morgan fingerprint density at radius 1 is 0.760 bits per heavy atom. The fourth-order valence-electron chi connectivity index (χ4n) is 2.89. The summed E-state index contributed by atoms with van der Waals surface area (Å²) >= 11 is 0. The molecule has 0 amide bonds. The van der Waals surface area contributed by atoms with E-state index in [1.807, 2.05) is 36.4 Å². The van der Waals surface area contributed by atoms with Gasteiger partial charge in [-0.15, -0.1) is 0 Å². The standard InChI is InChI=1S/C22H15FO2/c23-22(16-9-5-2-6-10-16)17-11-12-20-18(13-17)19(24)14-21(25-20)15-7-3-1-4-8-15/h1-14,22H. The second-order valence-electron chi connectivity index (χ2n) is 5.87. The molecule has 0 fully saturated rings. The van der Waals surface area contributed by atoms with E-state index in [0.29, 0.717) is 27.9 Å². The predicted octanol–water partition coefficient (Wildman–Crippen LogP) is 5.52. The summed E-state index contributed by atoms with van der Waals surface area (Å²) in [4.78, 5) is 12.5. The molecular weight excluding hydrogens is 315 g/mol. The van der Waals surface area contributed by atoms with Crippen molar-refractivity contribution in [2.75, 3.05) is 0 Å². The average molecular weight is 330 g/mol. The van der Waals surface area contributed by atoms with Crippen LogP contribution in [0.25, 0.3) is 22.3 Å². The van der Waals surface area contributed by atoms with Crippen molar-refractivity contribution >= 4 is 11.0 Å². The molecule has 0 N–H and O–H groups in total. The molecule has 0 radical (unpaired) electrons. The molecule has 25 heavy (non-hydrogen) atoms. The lowest BCUT2D eigenvalue weighted by molar-refractivity contribution is 0.402. The zero-order valence-electron chi connectivity index (χ0n) is 13.4. The van der Waals surface area contributed by atoms with E-state index < -0.39 is 6.17 Å². The van der Waals surface area contributed by atoms with Gasteiger partial charge in [-0.2, -0.15) is 0 Å². The molecule has 0 bridgehead atoms. The van der Waals surface area contributed by atoms with Crippen molar-refractivity contribution in [3.05, 3.63) is 106 Å². The van der Waals surface area contributed by atoms with Crippen LogP contribution in [-0.4, -0.2) is 0 Å². The molecular formula is C22H15FO2. The van der Waals surface area contributed by atoms with E-state index in [1.165, 1.54) is 6.07 Å². The highest BCUT2D eigenvalue weighted by Gasteiger charge is 2.15. The van der Waals surface area contributed by atoms with Crippen LogP contribution in [0.15, 0.2) is 94.1 Å². The molecule has 1 atom stereocenters. The zero-order chi connectivity index (χ0) is 17.2. The molecule has 4 aromatic rings. The van der Waals surface area contributed by atoms with Gasteiger partial charge in [0.1, 0.15) is 11.3 Å². The summed E-state index contributed by atoms with van der Waals surface area (Å²) in [6.07, 6.45) is -1.28. The molecule has 3 aromatic carbocycles. The van der Waals surface area contributed by atoms with E-state index in [9.17, 15) is 9.18 Å². The first kappa shape index (κ1) is 15.3. The minimum absolute atomic E-state index is 0.179. The van der Waals surface area contributed by atoms with Crippen LogP contribution in [0, 0.1) is 0 Å². The van der Waals surface area contributed by atoms with Crippen LogP contribution in [-0.2, 0) is 0 Å². The first-order valence-electron chi connectivity index (χ1n) is 8.04. The molecule has 1 unspecified atom stereocenters. The van der Waals surface area contributed by atoms with Gasteiger partial charge in [0.2, 0.25) is 0 Å². The van der Waals surface area contributed by atoms with Gasteiger partial charge in [-0.05, 0) is 23.3 Å². The molecule has 0 spiro atoms. The third kappa shape index (κ3) is 2.96. The van der Waals surface area contributed by atoms with Crippen LogP contribution in [0.5, 0.6) is 0 Å². The monoisotopic (exact) mass is 330 g/mol. The maximum Gasteiger partial charge on any atom is 0.193 e. The summed E-state index contributed by atoms with van der Waals surface area (Å²) in [5.41, 5.74) is 2.11. The Morgan fingerprint density at radius 2 is 1.44 bits per heavy atom. The summed E-state index contributed by atoms with van der Waals surface area (Å²) in [6.45, 7) is 0. The summed E-state index contributed by atoms with van der Waals surface area (Å²) in [5.74, 6) is 0.505. The van der Waals surface area contributed by atoms with E-state index in [0.717, 1.165) is 5.56 Å². The van der Waals surface area contributed by atoms with Gasteiger partial charge in [0.15, 0.2) is 11.6 Å². The second-order valence-corrected chi connectivity index (χ2v) is 5.87. The topological polar surface area (TPSA) is 30.2 Å². The summed E-state index contributed by atoms with van der Waals surface area (Å²) in [6, 6.07) is 24.7. The third-order valence-corrected chi connectivity index (χ3v) is 4.19. The van der Waals surface area contributed by atoms with E-state index >= 15 is 0 Å². The maximum absolute atomic E-state index is 14.7. The first-order chi connectivity index (χ1) is 12.2. The molecule has 122 valence electrons. The Balaban J connectivity index is 1.80. The number of rotatable bonds is 3. The average Bonchev–Trinajstić information content (AvgIpc) is 2.68. The summed E-state index contributed by atoms with van der Waals surface area (Å²) < 4.78 is 20.6. The Hall–Kier alpha value is -3.20.